The van der Waals surface area contributed by atoms with Gasteiger partial charge in [0.25, 0.3) is 0 Å². The molecular formula is C38H16F6N6. The van der Waals surface area contributed by atoms with Crippen molar-refractivity contribution in [3.63, 3.8) is 0 Å². The zero-order chi connectivity index (χ0) is 35.5. The highest BCUT2D eigenvalue weighted by atomic mass is 19.4. The number of pyridine rings is 2. The number of rotatable bonds is 3. The van der Waals surface area contributed by atoms with Crippen molar-refractivity contribution in [1.29, 1.82) is 21.0 Å². The van der Waals surface area contributed by atoms with Gasteiger partial charge < -0.3 is 0 Å². The van der Waals surface area contributed by atoms with Crippen LogP contribution in [0.2, 0.25) is 0 Å². The Hall–Kier alpha value is -6.76. The lowest BCUT2D eigenvalue weighted by molar-refractivity contribution is -0.141. The third-order valence-electron chi connectivity index (χ3n) is 8.91. The maximum Gasteiger partial charge on any atom is 0.433 e. The second-order valence-electron chi connectivity index (χ2n) is 11.6. The number of allylic oxidation sites excluding steroid dienone is 1. The van der Waals surface area contributed by atoms with Crippen LogP contribution in [0.1, 0.15) is 39.6 Å². The molecule has 0 bridgehead atoms. The number of nitrogens with zero attached hydrogens (tertiary/aromatic N) is 6. The van der Waals surface area contributed by atoms with Gasteiger partial charge in [-0.25, -0.2) is 0 Å². The zero-order valence-electron chi connectivity index (χ0n) is 25.2. The summed E-state index contributed by atoms with van der Waals surface area (Å²) in [7, 11) is 0. The van der Waals surface area contributed by atoms with Gasteiger partial charge in [-0.05, 0) is 92.0 Å². The fraction of sp³-hybridized carbons (Fsp3) is 0.105. The summed E-state index contributed by atoms with van der Waals surface area (Å²) in [6.45, 7) is 0. The molecular weight excluding hydrogens is 654 g/mol. The number of aromatic nitrogens is 2. The Balaban J connectivity index is 1.39. The molecule has 2 aliphatic rings. The molecule has 2 aliphatic carbocycles. The zero-order valence-corrected chi connectivity index (χ0v) is 25.2. The topological polar surface area (TPSA) is 121 Å². The first kappa shape index (κ1) is 31.8. The lowest BCUT2D eigenvalue weighted by Crippen LogP contribution is -2.09. The van der Waals surface area contributed by atoms with E-state index < -0.39 is 35.6 Å². The van der Waals surface area contributed by atoms with Crippen molar-refractivity contribution in [2.24, 2.45) is 5.92 Å². The lowest BCUT2D eigenvalue weighted by Gasteiger charge is -2.16. The number of alkyl halides is 6. The Morgan fingerprint density at radius 2 is 1.04 bits per heavy atom. The van der Waals surface area contributed by atoms with Gasteiger partial charge in [0, 0.05) is 35.0 Å². The van der Waals surface area contributed by atoms with E-state index >= 15 is 0 Å². The first-order valence-corrected chi connectivity index (χ1v) is 14.8. The molecule has 1 unspecified atom stereocenters. The van der Waals surface area contributed by atoms with Crippen molar-refractivity contribution in [2.75, 3.05) is 0 Å². The molecule has 0 aliphatic heterocycles. The van der Waals surface area contributed by atoms with Crippen LogP contribution in [0, 0.1) is 51.2 Å². The number of halogens is 6. The number of nitriles is 4. The van der Waals surface area contributed by atoms with Gasteiger partial charge in [0.2, 0.25) is 0 Å². The highest BCUT2D eigenvalue weighted by molar-refractivity contribution is 6.07. The van der Waals surface area contributed by atoms with Crippen LogP contribution in [0.3, 0.4) is 0 Å². The van der Waals surface area contributed by atoms with Crippen molar-refractivity contribution < 1.29 is 26.3 Å². The quantitative estimate of drug-likeness (QED) is 0.137. The Bertz CT molecular complexity index is 2420. The second kappa shape index (κ2) is 11.4. The molecule has 3 aromatic carbocycles. The van der Waals surface area contributed by atoms with Crippen molar-refractivity contribution in [1.82, 2.24) is 9.97 Å². The fourth-order valence-electron chi connectivity index (χ4n) is 6.67. The summed E-state index contributed by atoms with van der Waals surface area (Å²) in [5, 5.41) is 40.0. The van der Waals surface area contributed by atoms with Gasteiger partial charge in [-0.1, -0.05) is 36.4 Å². The third kappa shape index (κ3) is 5.03. The Morgan fingerprint density at radius 3 is 1.54 bits per heavy atom. The summed E-state index contributed by atoms with van der Waals surface area (Å²) < 4.78 is 78.8. The average Bonchev–Trinajstić information content (AvgIpc) is 3.59. The minimum absolute atomic E-state index is 0.195. The van der Waals surface area contributed by atoms with E-state index in [4.69, 9.17) is 0 Å². The number of hydrogen-bond donors (Lipinski definition) is 0. The molecule has 0 saturated heterocycles. The van der Waals surface area contributed by atoms with Crippen LogP contribution in [-0.4, -0.2) is 9.97 Å². The highest BCUT2D eigenvalue weighted by Crippen LogP contribution is 2.55. The predicted molar refractivity (Wildman–Crippen MR) is 168 cm³/mol. The Labute approximate surface area is 280 Å². The van der Waals surface area contributed by atoms with Gasteiger partial charge in [-0.3, -0.25) is 9.97 Å². The SMILES string of the molecule is N#CC(C#N)=C1c2cc(-c3ccc(C(F)(F)F)nc3)ccc2-c2cc3c(cc21)-c1ccc(-c2ccc(C(F)(F)F)nc2)cc1C3C(C#N)C#N. The molecule has 0 spiro atoms. The number of benzene rings is 3. The molecule has 6 nitrogen and oxygen atoms in total. The average molecular weight is 671 g/mol. The molecule has 12 heteroatoms. The summed E-state index contributed by atoms with van der Waals surface area (Å²) >= 11 is 0. The molecule has 0 fully saturated rings. The van der Waals surface area contributed by atoms with Crippen molar-refractivity contribution in [2.45, 2.75) is 18.3 Å². The minimum Gasteiger partial charge on any atom is -0.251 e. The van der Waals surface area contributed by atoms with Crippen LogP contribution >= 0.6 is 0 Å². The van der Waals surface area contributed by atoms with Gasteiger partial charge in [0.05, 0.1) is 12.1 Å². The van der Waals surface area contributed by atoms with Gasteiger partial charge in [0.15, 0.2) is 0 Å². The monoisotopic (exact) mass is 670 g/mol. The van der Waals surface area contributed by atoms with Crippen LogP contribution in [-0.2, 0) is 12.4 Å². The van der Waals surface area contributed by atoms with Crippen LogP contribution in [0.4, 0.5) is 26.3 Å². The molecule has 0 amide bonds. The largest absolute Gasteiger partial charge is 0.433 e. The molecule has 7 rings (SSSR count). The lowest BCUT2D eigenvalue weighted by atomic mass is 9.84. The van der Waals surface area contributed by atoms with E-state index in [-0.39, 0.29) is 5.57 Å². The standard InChI is InChI=1S/C38H16F6N6/c39-37(40,41)33-7-3-21(17-49-33)19-1-5-25-27-11-32-28(12-31(27)35(29(25)9-19)23(13-45)14-46)26-6-2-20(10-30(26)36(32)24(15-47)16-48)22-4-8-34(50-18-22)38(42,43)44/h1-12,17-18,23,35H. The summed E-state index contributed by atoms with van der Waals surface area (Å²) in [5.74, 6) is -1.89. The van der Waals surface area contributed by atoms with E-state index in [1.54, 1.807) is 42.5 Å². The van der Waals surface area contributed by atoms with E-state index in [9.17, 15) is 47.4 Å². The van der Waals surface area contributed by atoms with Crippen molar-refractivity contribution in [3.05, 3.63) is 124 Å². The third-order valence-corrected chi connectivity index (χ3v) is 8.91. The normalized spacial score (nSPS) is 14.1. The first-order valence-electron chi connectivity index (χ1n) is 14.8. The molecule has 1 atom stereocenters. The van der Waals surface area contributed by atoms with Crippen LogP contribution in [0.15, 0.2) is 90.8 Å². The van der Waals surface area contributed by atoms with E-state index in [0.717, 1.165) is 24.5 Å². The Morgan fingerprint density at radius 1 is 0.540 bits per heavy atom. The molecule has 2 heterocycles. The van der Waals surface area contributed by atoms with E-state index in [1.165, 1.54) is 12.1 Å². The molecule has 240 valence electrons. The first-order chi connectivity index (χ1) is 23.9. The molecule has 50 heavy (non-hydrogen) atoms. The van der Waals surface area contributed by atoms with Crippen molar-refractivity contribution >= 4 is 5.57 Å². The van der Waals surface area contributed by atoms with E-state index in [2.05, 4.69) is 22.1 Å². The fourth-order valence-corrected chi connectivity index (χ4v) is 6.67. The van der Waals surface area contributed by atoms with E-state index in [1.807, 2.05) is 18.2 Å². The van der Waals surface area contributed by atoms with Gasteiger partial charge in [-0.15, -0.1) is 0 Å². The maximum atomic E-state index is 13.1. The highest BCUT2D eigenvalue weighted by Gasteiger charge is 2.39. The molecule has 2 aromatic heterocycles. The molecule has 0 radical (unpaired) electrons. The summed E-state index contributed by atoms with van der Waals surface area (Å²) in [6.07, 6.45) is -7.02. The van der Waals surface area contributed by atoms with E-state index in [0.29, 0.717) is 72.3 Å². The summed E-state index contributed by atoms with van der Waals surface area (Å²) in [5.41, 5.74) is 4.65. The predicted octanol–water partition coefficient (Wildman–Crippen LogP) is 9.45. The summed E-state index contributed by atoms with van der Waals surface area (Å²) in [6, 6.07) is 26.2. The minimum atomic E-state index is -4.61. The number of hydrogen-bond acceptors (Lipinski definition) is 6. The number of fused-ring (bicyclic) bond motifs is 6. The Kier molecular flexibility index (Phi) is 7.28. The van der Waals surface area contributed by atoms with Crippen LogP contribution in [0.25, 0.3) is 50.1 Å². The van der Waals surface area contributed by atoms with Crippen molar-refractivity contribution in [3.8, 4) is 68.8 Å². The smallest absolute Gasteiger partial charge is 0.251 e. The molecule has 0 N–H and O–H groups in total. The molecule has 5 aromatic rings. The van der Waals surface area contributed by atoms with Gasteiger partial charge in [-0.2, -0.15) is 47.4 Å². The molecule has 0 saturated carbocycles. The van der Waals surface area contributed by atoms with Crippen LogP contribution < -0.4 is 0 Å². The second-order valence-corrected chi connectivity index (χ2v) is 11.6. The van der Waals surface area contributed by atoms with Gasteiger partial charge in [0.1, 0.15) is 35.0 Å². The maximum absolute atomic E-state index is 13.1. The van der Waals surface area contributed by atoms with Gasteiger partial charge >= 0.3 is 12.4 Å². The van der Waals surface area contributed by atoms with Crippen LogP contribution in [0.5, 0.6) is 0 Å². The summed E-state index contributed by atoms with van der Waals surface area (Å²) in [4.78, 5) is 7.10.